The van der Waals surface area contributed by atoms with E-state index in [4.69, 9.17) is 19.9 Å². The number of nitrogens with two attached hydrogens (primary N) is 1. The number of nitrogens with zero attached hydrogens (tertiary/aromatic N) is 1. The Morgan fingerprint density at radius 2 is 2.11 bits per heavy atom. The molecule has 1 amide bonds. The predicted molar refractivity (Wildman–Crippen MR) is 67.1 cm³/mol. The molecule has 0 aromatic heterocycles. The highest BCUT2D eigenvalue weighted by atomic mass is 16.7. The van der Waals surface area contributed by atoms with E-state index in [9.17, 15) is 4.79 Å². The Balaban J connectivity index is 2.43. The van der Waals surface area contributed by atoms with Crippen LogP contribution in [0.1, 0.15) is 27.2 Å². The normalized spacial score (nSPS) is 25.1. The number of piperidine rings is 1. The van der Waals surface area contributed by atoms with Gasteiger partial charge in [0.1, 0.15) is 12.4 Å². The van der Waals surface area contributed by atoms with Crippen LogP contribution >= 0.6 is 0 Å². The van der Waals surface area contributed by atoms with E-state index in [1.807, 2.05) is 20.8 Å². The second-order valence-electron chi connectivity index (χ2n) is 5.49. The zero-order valence-electron chi connectivity index (χ0n) is 11.6. The van der Waals surface area contributed by atoms with E-state index in [1.54, 1.807) is 12.0 Å². The second kappa shape index (κ2) is 6.36. The van der Waals surface area contributed by atoms with Crippen molar-refractivity contribution in [3.05, 3.63) is 0 Å². The number of carbonyl (C=O) groups excluding carboxylic acids is 1. The lowest BCUT2D eigenvalue weighted by molar-refractivity contribution is -0.0955. The fraction of sp³-hybridized carbons (Fsp3) is 0.917. The van der Waals surface area contributed by atoms with Crippen LogP contribution in [0.2, 0.25) is 0 Å². The van der Waals surface area contributed by atoms with Crippen LogP contribution in [0, 0.1) is 0 Å². The molecular weight excluding hydrogens is 236 g/mol. The first-order valence-corrected chi connectivity index (χ1v) is 6.17. The molecule has 1 heterocycles. The summed E-state index contributed by atoms with van der Waals surface area (Å²) in [5.74, 6) is 0. The molecule has 1 aliphatic rings. The van der Waals surface area contributed by atoms with E-state index in [0.717, 1.165) is 0 Å². The van der Waals surface area contributed by atoms with Gasteiger partial charge in [-0.1, -0.05) is 0 Å². The third-order valence-corrected chi connectivity index (χ3v) is 2.64. The van der Waals surface area contributed by atoms with Crippen molar-refractivity contribution in [2.24, 2.45) is 5.73 Å². The van der Waals surface area contributed by atoms with Crippen LogP contribution in [0.15, 0.2) is 0 Å². The molecule has 0 unspecified atom stereocenters. The van der Waals surface area contributed by atoms with Crippen molar-refractivity contribution >= 4 is 6.09 Å². The third kappa shape index (κ3) is 4.80. The zero-order chi connectivity index (χ0) is 13.8. The number of ether oxygens (including phenoxy) is 3. The first-order valence-electron chi connectivity index (χ1n) is 6.17. The minimum atomic E-state index is -0.482. The number of hydrogen-bond donors (Lipinski definition) is 1. The maximum atomic E-state index is 11.9. The monoisotopic (exact) mass is 260 g/mol. The fourth-order valence-corrected chi connectivity index (χ4v) is 1.82. The summed E-state index contributed by atoms with van der Waals surface area (Å²) in [5.41, 5.74) is 5.50. The molecule has 1 saturated heterocycles. The van der Waals surface area contributed by atoms with Gasteiger partial charge in [0.05, 0.1) is 6.10 Å². The molecular formula is C12H24N2O4. The predicted octanol–water partition coefficient (Wildman–Crippen LogP) is 0.944. The average molecular weight is 260 g/mol. The molecule has 2 atom stereocenters. The van der Waals surface area contributed by atoms with Gasteiger partial charge in [-0.25, -0.2) is 4.79 Å². The summed E-state index contributed by atoms with van der Waals surface area (Å²) in [4.78, 5) is 13.5. The van der Waals surface area contributed by atoms with Crippen LogP contribution in [0.3, 0.4) is 0 Å². The largest absolute Gasteiger partial charge is 0.444 e. The van der Waals surface area contributed by atoms with Gasteiger partial charge in [-0.05, 0) is 27.2 Å². The Kier molecular flexibility index (Phi) is 5.37. The average Bonchev–Trinajstić information content (AvgIpc) is 2.25. The molecule has 6 heteroatoms. The van der Waals surface area contributed by atoms with Gasteiger partial charge in [0.15, 0.2) is 0 Å². The lowest BCUT2D eigenvalue weighted by atomic mass is 10.0. The van der Waals surface area contributed by atoms with Gasteiger partial charge in [-0.15, -0.1) is 0 Å². The van der Waals surface area contributed by atoms with Crippen LogP contribution in [0.25, 0.3) is 0 Å². The van der Waals surface area contributed by atoms with Crippen LogP contribution in [0.4, 0.5) is 4.79 Å². The Labute approximate surface area is 108 Å². The van der Waals surface area contributed by atoms with Gasteiger partial charge in [0.25, 0.3) is 0 Å². The SMILES string of the molecule is COCO[C@@H]1CCN(C(=O)OC(C)(C)C)C[C@H]1N. The topological polar surface area (TPSA) is 74.0 Å². The molecule has 0 aromatic carbocycles. The van der Waals surface area contributed by atoms with Crippen LogP contribution in [-0.2, 0) is 14.2 Å². The van der Waals surface area contributed by atoms with Crippen molar-refractivity contribution in [2.45, 2.75) is 44.9 Å². The number of rotatable bonds is 3. The highest BCUT2D eigenvalue weighted by Crippen LogP contribution is 2.16. The van der Waals surface area contributed by atoms with Gasteiger partial charge in [-0.2, -0.15) is 0 Å². The molecule has 6 nitrogen and oxygen atoms in total. The quantitative estimate of drug-likeness (QED) is 0.765. The summed E-state index contributed by atoms with van der Waals surface area (Å²) < 4.78 is 15.6. The molecule has 0 bridgehead atoms. The summed E-state index contributed by atoms with van der Waals surface area (Å²) in [7, 11) is 1.57. The highest BCUT2D eigenvalue weighted by molar-refractivity contribution is 5.68. The van der Waals surface area contributed by atoms with Gasteiger partial charge in [0, 0.05) is 26.2 Å². The maximum Gasteiger partial charge on any atom is 0.410 e. The van der Waals surface area contributed by atoms with E-state index in [1.165, 1.54) is 0 Å². The molecule has 1 aliphatic heterocycles. The molecule has 106 valence electrons. The molecule has 0 aromatic rings. The standard InChI is InChI=1S/C12H24N2O4/c1-12(2,3)18-11(15)14-6-5-10(9(13)7-14)17-8-16-4/h9-10H,5-8,13H2,1-4H3/t9-,10-/m1/s1. The van der Waals surface area contributed by atoms with E-state index < -0.39 is 5.60 Å². The van der Waals surface area contributed by atoms with Crippen molar-refractivity contribution in [3.63, 3.8) is 0 Å². The molecule has 0 spiro atoms. The Bertz CT molecular complexity index is 278. The van der Waals surface area contributed by atoms with Gasteiger partial charge in [0.2, 0.25) is 0 Å². The minimum Gasteiger partial charge on any atom is -0.444 e. The molecule has 0 aliphatic carbocycles. The zero-order valence-corrected chi connectivity index (χ0v) is 11.6. The number of hydrogen-bond acceptors (Lipinski definition) is 5. The Hall–Kier alpha value is -0.850. The number of amides is 1. The lowest BCUT2D eigenvalue weighted by Crippen LogP contribution is -2.54. The van der Waals surface area contributed by atoms with E-state index in [2.05, 4.69) is 0 Å². The maximum absolute atomic E-state index is 11.9. The van der Waals surface area contributed by atoms with Crippen molar-refractivity contribution in [1.29, 1.82) is 0 Å². The number of likely N-dealkylation sites (tertiary alicyclic amines) is 1. The van der Waals surface area contributed by atoms with E-state index >= 15 is 0 Å². The third-order valence-electron chi connectivity index (χ3n) is 2.64. The van der Waals surface area contributed by atoms with Crippen LogP contribution in [-0.4, -0.2) is 55.7 Å². The Morgan fingerprint density at radius 1 is 1.44 bits per heavy atom. The number of carbonyl (C=O) groups is 1. The summed E-state index contributed by atoms with van der Waals surface area (Å²) in [5, 5.41) is 0. The summed E-state index contributed by atoms with van der Waals surface area (Å²) in [6, 6.07) is -0.207. The first-order chi connectivity index (χ1) is 8.33. The van der Waals surface area contributed by atoms with Gasteiger partial charge >= 0.3 is 6.09 Å². The van der Waals surface area contributed by atoms with E-state index in [-0.39, 0.29) is 25.0 Å². The first kappa shape index (κ1) is 15.2. The van der Waals surface area contributed by atoms with E-state index in [0.29, 0.717) is 19.5 Å². The van der Waals surface area contributed by atoms with Crippen LogP contribution < -0.4 is 5.73 Å². The van der Waals surface area contributed by atoms with Crippen LogP contribution in [0.5, 0.6) is 0 Å². The fourth-order valence-electron chi connectivity index (χ4n) is 1.82. The summed E-state index contributed by atoms with van der Waals surface area (Å²) >= 11 is 0. The summed E-state index contributed by atoms with van der Waals surface area (Å²) in [6.45, 7) is 6.81. The lowest BCUT2D eigenvalue weighted by Gasteiger charge is -2.36. The van der Waals surface area contributed by atoms with Crippen molar-refractivity contribution in [1.82, 2.24) is 4.90 Å². The molecule has 18 heavy (non-hydrogen) atoms. The molecule has 0 radical (unpaired) electrons. The highest BCUT2D eigenvalue weighted by Gasteiger charge is 2.31. The molecule has 0 saturated carbocycles. The minimum absolute atomic E-state index is 0.0661. The van der Waals surface area contributed by atoms with Gasteiger partial charge < -0.3 is 24.8 Å². The second-order valence-corrected chi connectivity index (χ2v) is 5.49. The smallest absolute Gasteiger partial charge is 0.410 e. The molecule has 2 N–H and O–H groups in total. The van der Waals surface area contributed by atoms with Crippen molar-refractivity contribution in [3.8, 4) is 0 Å². The Morgan fingerprint density at radius 3 is 2.61 bits per heavy atom. The van der Waals surface area contributed by atoms with Crippen molar-refractivity contribution < 1.29 is 19.0 Å². The van der Waals surface area contributed by atoms with Gasteiger partial charge in [-0.3, -0.25) is 0 Å². The molecule has 1 fully saturated rings. The number of methoxy groups -OCH3 is 1. The summed E-state index contributed by atoms with van der Waals surface area (Å²) in [6.07, 6.45) is 0.316. The van der Waals surface area contributed by atoms with Crippen molar-refractivity contribution in [2.75, 3.05) is 27.0 Å². The molecule has 1 rings (SSSR count).